The molecule has 1 aromatic carbocycles. The molecule has 0 spiro atoms. The minimum atomic E-state index is -0.209. The summed E-state index contributed by atoms with van der Waals surface area (Å²) >= 11 is 0. The maximum Gasteiger partial charge on any atom is 0.244 e. The zero-order chi connectivity index (χ0) is 15.4. The zero-order valence-corrected chi connectivity index (χ0v) is 12.0. The van der Waals surface area contributed by atoms with Crippen LogP contribution in [0.15, 0.2) is 53.1 Å². The molecule has 7 nitrogen and oxygen atoms in total. The molecule has 22 heavy (non-hydrogen) atoms. The van der Waals surface area contributed by atoms with Crippen LogP contribution < -0.4 is 5.32 Å². The van der Waals surface area contributed by atoms with Crippen LogP contribution in [0.4, 0.5) is 0 Å². The van der Waals surface area contributed by atoms with Gasteiger partial charge in [0, 0.05) is 5.56 Å². The van der Waals surface area contributed by atoms with E-state index in [0.717, 1.165) is 5.56 Å². The Bertz CT molecular complexity index is 736. The molecule has 0 saturated heterocycles. The standard InChI is InChI=1S/C15H15N5O2/c1-11(13-8-5-9-22-13)16-14(21)10-20-18-15(17-19-20)12-6-3-2-4-7-12/h2-9,11H,10H2,1H3,(H,16,21)/t11-/m0/s1. The molecule has 1 atom stereocenters. The summed E-state index contributed by atoms with van der Waals surface area (Å²) in [5.74, 6) is 0.985. The molecular formula is C15H15N5O2. The van der Waals surface area contributed by atoms with Crippen molar-refractivity contribution in [2.45, 2.75) is 19.5 Å². The molecule has 1 N–H and O–H groups in total. The largest absolute Gasteiger partial charge is 0.467 e. The van der Waals surface area contributed by atoms with Gasteiger partial charge in [0.2, 0.25) is 11.7 Å². The fourth-order valence-corrected chi connectivity index (χ4v) is 2.04. The van der Waals surface area contributed by atoms with Crippen LogP contribution in [0.2, 0.25) is 0 Å². The number of nitrogens with zero attached hydrogens (tertiary/aromatic N) is 4. The number of aromatic nitrogens is 4. The van der Waals surface area contributed by atoms with Crippen molar-refractivity contribution >= 4 is 5.91 Å². The Balaban J connectivity index is 1.62. The van der Waals surface area contributed by atoms with Gasteiger partial charge in [-0.2, -0.15) is 4.80 Å². The van der Waals surface area contributed by atoms with Crippen LogP contribution in [0.1, 0.15) is 18.7 Å². The van der Waals surface area contributed by atoms with Crippen molar-refractivity contribution < 1.29 is 9.21 Å². The molecular weight excluding hydrogens is 282 g/mol. The van der Waals surface area contributed by atoms with Crippen molar-refractivity contribution in [1.82, 2.24) is 25.5 Å². The highest BCUT2D eigenvalue weighted by Gasteiger charge is 2.14. The van der Waals surface area contributed by atoms with Crippen LogP contribution in [0.25, 0.3) is 11.4 Å². The molecule has 0 fully saturated rings. The second-order valence-electron chi connectivity index (χ2n) is 4.81. The van der Waals surface area contributed by atoms with Crippen LogP contribution >= 0.6 is 0 Å². The van der Waals surface area contributed by atoms with E-state index in [4.69, 9.17) is 4.42 Å². The molecule has 0 unspecified atom stereocenters. The first-order chi connectivity index (χ1) is 10.7. The molecule has 0 aliphatic heterocycles. The maximum atomic E-state index is 12.0. The van der Waals surface area contributed by atoms with E-state index >= 15 is 0 Å². The predicted molar refractivity (Wildman–Crippen MR) is 78.5 cm³/mol. The SMILES string of the molecule is C[C@H](NC(=O)Cn1nnc(-c2ccccc2)n1)c1ccco1. The lowest BCUT2D eigenvalue weighted by molar-refractivity contribution is -0.122. The van der Waals surface area contributed by atoms with E-state index in [9.17, 15) is 4.79 Å². The van der Waals surface area contributed by atoms with Crippen molar-refractivity contribution in [1.29, 1.82) is 0 Å². The normalized spacial score (nSPS) is 12.0. The van der Waals surface area contributed by atoms with E-state index in [1.807, 2.05) is 43.3 Å². The van der Waals surface area contributed by atoms with Gasteiger partial charge in [-0.3, -0.25) is 4.79 Å². The number of carbonyl (C=O) groups is 1. The van der Waals surface area contributed by atoms with Crippen LogP contribution in [0, 0.1) is 0 Å². The number of nitrogens with one attached hydrogen (secondary N) is 1. The highest BCUT2D eigenvalue weighted by Crippen LogP contribution is 2.13. The monoisotopic (exact) mass is 297 g/mol. The summed E-state index contributed by atoms with van der Waals surface area (Å²) in [6.07, 6.45) is 1.57. The average Bonchev–Trinajstić information content (AvgIpc) is 3.19. The fraction of sp³-hybridized carbons (Fsp3) is 0.200. The van der Waals surface area contributed by atoms with Crippen LogP contribution in [0.5, 0.6) is 0 Å². The molecule has 0 radical (unpaired) electrons. The molecule has 0 saturated carbocycles. The molecule has 0 aliphatic rings. The highest BCUT2D eigenvalue weighted by molar-refractivity contribution is 5.75. The second kappa shape index (κ2) is 6.21. The summed E-state index contributed by atoms with van der Waals surface area (Å²) in [5, 5.41) is 14.9. The molecule has 112 valence electrons. The zero-order valence-electron chi connectivity index (χ0n) is 12.0. The average molecular weight is 297 g/mol. The highest BCUT2D eigenvalue weighted by atomic mass is 16.3. The van der Waals surface area contributed by atoms with Gasteiger partial charge in [-0.1, -0.05) is 30.3 Å². The number of furan rings is 1. The number of carbonyl (C=O) groups excluding carboxylic acids is 1. The van der Waals surface area contributed by atoms with Gasteiger partial charge in [-0.15, -0.1) is 10.2 Å². The maximum absolute atomic E-state index is 12.0. The van der Waals surface area contributed by atoms with Gasteiger partial charge in [-0.25, -0.2) is 0 Å². The van der Waals surface area contributed by atoms with Crippen molar-refractivity contribution in [3.8, 4) is 11.4 Å². The molecule has 3 aromatic rings. The lowest BCUT2D eigenvalue weighted by Gasteiger charge is -2.10. The first kappa shape index (κ1) is 14.0. The molecule has 2 aromatic heterocycles. The molecule has 7 heteroatoms. The van der Waals surface area contributed by atoms with Gasteiger partial charge in [0.25, 0.3) is 0 Å². The summed E-state index contributed by atoms with van der Waals surface area (Å²) < 4.78 is 5.24. The minimum absolute atomic E-state index is 0.00484. The third-order valence-corrected chi connectivity index (χ3v) is 3.12. The Kier molecular flexibility index (Phi) is 3.95. The van der Waals surface area contributed by atoms with E-state index in [0.29, 0.717) is 11.6 Å². The first-order valence-electron chi connectivity index (χ1n) is 6.88. The Hall–Kier alpha value is -2.96. The quantitative estimate of drug-likeness (QED) is 0.776. The van der Waals surface area contributed by atoms with E-state index in [-0.39, 0.29) is 18.5 Å². The number of hydrogen-bond acceptors (Lipinski definition) is 5. The smallest absolute Gasteiger partial charge is 0.244 e. The summed E-state index contributed by atoms with van der Waals surface area (Å²) in [5.41, 5.74) is 0.859. The second-order valence-corrected chi connectivity index (χ2v) is 4.81. The Morgan fingerprint density at radius 1 is 1.27 bits per heavy atom. The minimum Gasteiger partial charge on any atom is -0.467 e. The Morgan fingerprint density at radius 3 is 2.82 bits per heavy atom. The van der Waals surface area contributed by atoms with E-state index in [1.54, 1.807) is 12.3 Å². The van der Waals surface area contributed by atoms with Crippen LogP contribution in [0.3, 0.4) is 0 Å². The van der Waals surface area contributed by atoms with Crippen molar-refractivity contribution in [2.24, 2.45) is 0 Å². The van der Waals surface area contributed by atoms with E-state index < -0.39 is 0 Å². The van der Waals surface area contributed by atoms with Crippen molar-refractivity contribution in [2.75, 3.05) is 0 Å². The van der Waals surface area contributed by atoms with Gasteiger partial charge >= 0.3 is 0 Å². The number of benzene rings is 1. The topological polar surface area (TPSA) is 85.8 Å². The summed E-state index contributed by atoms with van der Waals surface area (Å²) in [6.45, 7) is 1.85. The van der Waals surface area contributed by atoms with Gasteiger partial charge in [0.15, 0.2) is 0 Å². The number of amides is 1. The molecule has 1 amide bonds. The van der Waals surface area contributed by atoms with Gasteiger partial charge in [-0.05, 0) is 24.3 Å². The lowest BCUT2D eigenvalue weighted by atomic mass is 10.2. The van der Waals surface area contributed by atoms with Crippen molar-refractivity contribution in [3.05, 3.63) is 54.5 Å². The van der Waals surface area contributed by atoms with Gasteiger partial charge < -0.3 is 9.73 Å². The summed E-state index contributed by atoms with van der Waals surface area (Å²) in [7, 11) is 0. The molecule has 3 rings (SSSR count). The first-order valence-corrected chi connectivity index (χ1v) is 6.88. The third-order valence-electron chi connectivity index (χ3n) is 3.12. The fourth-order valence-electron chi connectivity index (χ4n) is 2.04. The van der Waals surface area contributed by atoms with E-state index in [2.05, 4.69) is 20.7 Å². The van der Waals surface area contributed by atoms with Crippen molar-refractivity contribution in [3.63, 3.8) is 0 Å². The summed E-state index contributed by atoms with van der Waals surface area (Å²) in [6, 6.07) is 12.9. The van der Waals surface area contributed by atoms with Crippen LogP contribution in [-0.2, 0) is 11.3 Å². The van der Waals surface area contributed by atoms with E-state index in [1.165, 1.54) is 4.80 Å². The Morgan fingerprint density at radius 2 is 2.09 bits per heavy atom. The third kappa shape index (κ3) is 3.20. The summed E-state index contributed by atoms with van der Waals surface area (Å²) in [4.78, 5) is 13.3. The number of tetrazole rings is 1. The lowest BCUT2D eigenvalue weighted by Crippen LogP contribution is -2.30. The Labute approximate surface area is 126 Å². The molecule has 0 bridgehead atoms. The molecule has 0 aliphatic carbocycles. The van der Waals surface area contributed by atoms with Gasteiger partial charge in [0.05, 0.1) is 12.3 Å². The van der Waals surface area contributed by atoms with Crippen LogP contribution in [-0.4, -0.2) is 26.1 Å². The molecule has 2 heterocycles. The van der Waals surface area contributed by atoms with Gasteiger partial charge in [0.1, 0.15) is 12.3 Å². The predicted octanol–water partition coefficient (Wildman–Crippen LogP) is 1.81. The number of hydrogen-bond donors (Lipinski definition) is 1. The number of rotatable bonds is 5.